The molecule has 0 aromatic heterocycles. The number of ether oxygens (including phenoxy) is 1. The summed E-state index contributed by atoms with van der Waals surface area (Å²) in [5.41, 5.74) is 7.03. The van der Waals surface area contributed by atoms with Gasteiger partial charge in [0, 0.05) is 13.1 Å². The zero-order valence-electron chi connectivity index (χ0n) is 11.9. The third-order valence-corrected chi connectivity index (χ3v) is 3.30. The molecule has 0 saturated heterocycles. The summed E-state index contributed by atoms with van der Waals surface area (Å²) in [7, 11) is 1.70. The van der Waals surface area contributed by atoms with Crippen molar-refractivity contribution in [2.75, 3.05) is 33.3 Å². The lowest BCUT2D eigenvalue weighted by Gasteiger charge is -2.23. The van der Waals surface area contributed by atoms with E-state index >= 15 is 0 Å². The van der Waals surface area contributed by atoms with E-state index < -0.39 is 0 Å². The van der Waals surface area contributed by atoms with E-state index in [1.165, 1.54) is 5.56 Å². The van der Waals surface area contributed by atoms with Gasteiger partial charge in [0.2, 0.25) is 0 Å². The van der Waals surface area contributed by atoms with Gasteiger partial charge in [-0.1, -0.05) is 26.0 Å². The molecule has 1 atom stereocenters. The Kier molecular flexibility index (Phi) is 6.76. The summed E-state index contributed by atoms with van der Waals surface area (Å²) in [4.78, 5) is 2.46. The van der Waals surface area contributed by atoms with Crippen molar-refractivity contribution in [3.05, 3.63) is 29.8 Å². The van der Waals surface area contributed by atoms with Crippen LogP contribution in [0.2, 0.25) is 0 Å². The zero-order valence-corrected chi connectivity index (χ0v) is 11.9. The average molecular weight is 250 g/mol. The van der Waals surface area contributed by atoms with Crippen LogP contribution in [0.1, 0.15) is 19.4 Å². The standard InChI is InChI=1S/C15H26N2O/c1-4-17(12-13(2)11-16)10-9-14-5-7-15(18-3)8-6-14/h5-8,13H,4,9-12,16H2,1-3H3. The number of rotatable bonds is 8. The number of nitrogens with two attached hydrogens (primary N) is 1. The van der Waals surface area contributed by atoms with Crippen molar-refractivity contribution in [3.63, 3.8) is 0 Å². The van der Waals surface area contributed by atoms with Gasteiger partial charge in [-0.15, -0.1) is 0 Å². The van der Waals surface area contributed by atoms with Gasteiger partial charge in [-0.25, -0.2) is 0 Å². The van der Waals surface area contributed by atoms with Crippen LogP contribution in [0.25, 0.3) is 0 Å². The van der Waals surface area contributed by atoms with Crippen molar-refractivity contribution in [1.29, 1.82) is 0 Å². The molecule has 0 aliphatic heterocycles. The Balaban J connectivity index is 2.41. The summed E-state index contributed by atoms with van der Waals surface area (Å²) in [5, 5.41) is 0. The number of hydrogen-bond acceptors (Lipinski definition) is 3. The van der Waals surface area contributed by atoms with Crippen molar-refractivity contribution in [2.24, 2.45) is 11.7 Å². The maximum absolute atomic E-state index is 5.67. The van der Waals surface area contributed by atoms with Crippen LogP contribution >= 0.6 is 0 Å². The van der Waals surface area contributed by atoms with Gasteiger partial charge >= 0.3 is 0 Å². The van der Waals surface area contributed by atoms with Crippen LogP contribution in [0.3, 0.4) is 0 Å². The Morgan fingerprint density at radius 1 is 1.28 bits per heavy atom. The molecule has 1 aromatic carbocycles. The van der Waals surface area contributed by atoms with Crippen LogP contribution < -0.4 is 10.5 Å². The summed E-state index contributed by atoms with van der Waals surface area (Å²) >= 11 is 0. The first-order valence-electron chi connectivity index (χ1n) is 6.75. The Morgan fingerprint density at radius 2 is 1.94 bits per heavy atom. The van der Waals surface area contributed by atoms with E-state index in [4.69, 9.17) is 10.5 Å². The number of nitrogens with zero attached hydrogens (tertiary/aromatic N) is 1. The fourth-order valence-corrected chi connectivity index (χ4v) is 1.97. The topological polar surface area (TPSA) is 38.5 Å². The predicted octanol–water partition coefficient (Wildman–Crippen LogP) is 2.15. The average Bonchev–Trinajstić information content (AvgIpc) is 2.43. The van der Waals surface area contributed by atoms with Gasteiger partial charge in [-0.05, 0) is 43.1 Å². The van der Waals surface area contributed by atoms with Gasteiger partial charge in [0.25, 0.3) is 0 Å². The van der Waals surface area contributed by atoms with Gasteiger partial charge in [0.05, 0.1) is 7.11 Å². The SMILES string of the molecule is CCN(CCc1ccc(OC)cc1)CC(C)CN. The Hall–Kier alpha value is -1.06. The molecule has 1 rings (SSSR count). The largest absolute Gasteiger partial charge is 0.497 e. The molecule has 0 aliphatic carbocycles. The Labute approximate surface area is 111 Å². The van der Waals surface area contributed by atoms with Crippen LogP contribution in [0.5, 0.6) is 5.75 Å². The normalized spacial score (nSPS) is 12.7. The second-order valence-corrected chi connectivity index (χ2v) is 4.83. The van der Waals surface area contributed by atoms with Crippen LogP contribution in [0, 0.1) is 5.92 Å². The van der Waals surface area contributed by atoms with Crippen LogP contribution in [-0.4, -0.2) is 38.2 Å². The second kappa shape index (κ2) is 8.11. The van der Waals surface area contributed by atoms with Crippen molar-refractivity contribution >= 4 is 0 Å². The summed E-state index contributed by atoms with van der Waals surface area (Å²) < 4.78 is 5.16. The van der Waals surface area contributed by atoms with Crippen LogP contribution in [0.4, 0.5) is 0 Å². The van der Waals surface area contributed by atoms with Gasteiger partial charge in [-0.3, -0.25) is 0 Å². The smallest absolute Gasteiger partial charge is 0.118 e. The lowest BCUT2D eigenvalue weighted by atomic mass is 10.1. The molecule has 0 spiro atoms. The monoisotopic (exact) mass is 250 g/mol. The lowest BCUT2D eigenvalue weighted by molar-refractivity contribution is 0.254. The molecule has 0 aliphatic rings. The summed E-state index contributed by atoms with van der Waals surface area (Å²) in [6, 6.07) is 8.32. The summed E-state index contributed by atoms with van der Waals surface area (Å²) in [5.74, 6) is 1.49. The van der Waals surface area contributed by atoms with Gasteiger partial charge < -0.3 is 15.4 Å². The van der Waals surface area contributed by atoms with E-state index in [9.17, 15) is 0 Å². The molecule has 102 valence electrons. The first-order chi connectivity index (χ1) is 8.69. The highest BCUT2D eigenvalue weighted by Crippen LogP contribution is 2.12. The molecule has 1 unspecified atom stereocenters. The second-order valence-electron chi connectivity index (χ2n) is 4.83. The zero-order chi connectivity index (χ0) is 13.4. The predicted molar refractivity (Wildman–Crippen MR) is 77.0 cm³/mol. The number of benzene rings is 1. The van der Waals surface area contributed by atoms with Crippen LogP contribution in [-0.2, 0) is 6.42 Å². The molecule has 0 heterocycles. The third-order valence-electron chi connectivity index (χ3n) is 3.30. The van der Waals surface area contributed by atoms with Crippen molar-refractivity contribution in [1.82, 2.24) is 4.90 Å². The van der Waals surface area contributed by atoms with Crippen LogP contribution in [0.15, 0.2) is 24.3 Å². The van der Waals surface area contributed by atoms with E-state index in [1.807, 2.05) is 12.1 Å². The van der Waals surface area contributed by atoms with Gasteiger partial charge in [0.15, 0.2) is 0 Å². The quantitative estimate of drug-likeness (QED) is 0.768. The van der Waals surface area contributed by atoms with E-state index in [0.29, 0.717) is 5.92 Å². The maximum Gasteiger partial charge on any atom is 0.118 e. The number of hydrogen-bond donors (Lipinski definition) is 1. The molecule has 0 bridgehead atoms. The Morgan fingerprint density at radius 3 is 2.44 bits per heavy atom. The van der Waals surface area contributed by atoms with E-state index in [-0.39, 0.29) is 0 Å². The molecule has 3 nitrogen and oxygen atoms in total. The van der Waals surface area contributed by atoms with E-state index in [2.05, 4.69) is 30.9 Å². The Bertz CT molecular complexity index is 324. The highest BCUT2D eigenvalue weighted by molar-refractivity contribution is 5.27. The van der Waals surface area contributed by atoms with E-state index in [1.54, 1.807) is 7.11 Å². The minimum absolute atomic E-state index is 0.570. The summed E-state index contributed by atoms with van der Waals surface area (Å²) in [6.07, 6.45) is 1.08. The molecule has 0 fully saturated rings. The van der Waals surface area contributed by atoms with Crippen molar-refractivity contribution in [2.45, 2.75) is 20.3 Å². The minimum Gasteiger partial charge on any atom is -0.497 e. The molecule has 18 heavy (non-hydrogen) atoms. The molecule has 1 aromatic rings. The fraction of sp³-hybridized carbons (Fsp3) is 0.600. The maximum atomic E-state index is 5.67. The molecule has 3 heteroatoms. The minimum atomic E-state index is 0.570. The highest BCUT2D eigenvalue weighted by Gasteiger charge is 2.07. The molecule has 0 radical (unpaired) electrons. The highest BCUT2D eigenvalue weighted by atomic mass is 16.5. The number of methoxy groups -OCH3 is 1. The molecular weight excluding hydrogens is 224 g/mol. The number of likely N-dealkylation sites (N-methyl/N-ethyl adjacent to an activating group) is 1. The summed E-state index contributed by atoms with van der Waals surface area (Å²) in [6.45, 7) is 8.43. The van der Waals surface area contributed by atoms with E-state index in [0.717, 1.165) is 38.3 Å². The molecular formula is C15H26N2O. The fourth-order valence-electron chi connectivity index (χ4n) is 1.97. The molecule has 0 amide bonds. The van der Waals surface area contributed by atoms with Crippen molar-refractivity contribution < 1.29 is 4.74 Å². The first kappa shape index (κ1) is 15.0. The van der Waals surface area contributed by atoms with Crippen molar-refractivity contribution in [3.8, 4) is 5.75 Å². The lowest BCUT2D eigenvalue weighted by Crippen LogP contribution is -2.33. The first-order valence-corrected chi connectivity index (χ1v) is 6.75. The molecule has 0 saturated carbocycles. The van der Waals surface area contributed by atoms with Gasteiger partial charge in [-0.2, -0.15) is 0 Å². The third kappa shape index (κ3) is 5.07. The molecule has 2 N–H and O–H groups in total. The van der Waals surface area contributed by atoms with Gasteiger partial charge in [0.1, 0.15) is 5.75 Å².